The molecule has 0 bridgehead atoms. The van der Waals surface area contributed by atoms with Gasteiger partial charge in [0.15, 0.2) is 5.82 Å². The summed E-state index contributed by atoms with van der Waals surface area (Å²) in [7, 11) is -2.29. The summed E-state index contributed by atoms with van der Waals surface area (Å²) in [4.78, 5) is 16.5. The number of amides is 1. The minimum Gasteiger partial charge on any atom is -0.322 e. The molecule has 4 aromatic rings. The zero-order valence-corrected chi connectivity index (χ0v) is 18.6. The maximum Gasteiger partial charge on any atom is 0.264 e. The van der Waals surface area contributed by atoms with Crippen LogP contribution in [0.15, 0.2) is 84.3 Å². The molecule has 0 saturated carbocycles. The van der Waals surface area contributed by atoms with Gasteiger partial charge >= 0.3 is 0 Å². The van der Waals surface area contributed by atoms with Crippen LogP contribution in [0.2, 0.25) is 0 Å². The Balaban J connectivity index is 1.48. The number of hydrogen-bond donors (Lipinski definition) is 1. The summed E-state index contributed by atoms with van der Waals surface area (Å²) in [6.07, 6.45) is 2.66. The largest absolute Gasteiger partial charge is 0.322 e. The minimum atomic E-state index is -3.74. The zero-order chi connectivity index (χ0) is 23.6. The summed E-state index contributed by atoms with van der Waals surface area (Å²) in [6, 6.07) is 16.9. The van der Waals surface area contributed by atoms with Crippen LogP contribution in [0.25, 0.3) is 5.69 Å². The average Bonchev–Trinajstić information content (AvgIpc) is 3.33. The van der Waals surface area contributed by atoms with Crippen LogP contribution < -0.4 is 9.62 Å². The normalized spacial score (nSPS) is 11.2. The average molecular weight is 466 g/mol. The Hall–Kier alpha value is -4.05. The molecule has 0 atom stereocenters. The summed E-state index contributed by atoms with van der Waals surface area (Å²) >= 11 is 0. The maximum absolute atomic E-state index is 14.4. The van der Waals surface area contributed by atoms with Gasteiger partial charge in [-0.2, -0.15) is 5.10 Å². The van der Waals surface area contributed by atoms with E-state index in [1.165, 1.54) is 60.8 Å². The molecule has 0 spiro atoms. The van der Waals surface area contributed by atoms with Gasteiger partial charge in [-0.25, -0.2) is 22.5 Å². The quantitative estimate of drug-likeness (QED) is 0.467. The highest BCUT2D eigenvalue weighted by atomic mass is 32.2. The molecule has 0 aliphatic heterocycles. The van der Waals surface area contributed by atoms with E-state index in [2.05, 4.69) is 15.4 Å². The molecule has 10 heteroatoms. The molecule has 3 aromatic carbocycles. The van der Waals surface area contributed by atoms with Crippen molar-refractivity contribution < 1.29 is 17.6 Å². The second kappa shape index (κ2) is 8.83. The summed E-state index contributed by atoms with van der Waals surface area (Å²) in [5, 5.41) is 6.51. The van der Waals surface area contributed by atoms with Crippen molar-refractivity contribution in [3.63, 3.8) is 0 Å². The summed E-state index contributed by atoms with van der Waals surface area (Å²) in [5.41, 5.74) is 2.12. The number of sulfonamides is 1. The van der Waals surface area contributed by atoms with Crippen LogP contribution in [0, 0.1) is 12.7 Å². The van der Waals surface area contributed by atoms with E-state index >= 15 is 0 Å². The second-order valence-corrected chi connectivity index (χ2v) is 9.26. The number of carbonyl (C=O) groups excluding carboxylic acids is 1. The maximum atomic E-state index is 14.4. The molecule has 1 aromatic heterocycles. The fraction of sp³-hybridized carbons (Fsp3) is 0.0870. The number of aromatic nitrogens is 3. The van der Waals surface area contributed by atoms with Crippen LogP contribution in [0.4, 0.5) is 15.8 Å². The molecule has 4 rings (SSSR count). The number of rotatable bonds is 6. The highest BCUT2D eigenvalue weighted by molar-refractivity contribution is 7.92. The molecule has 1 heterocycles. The van der Waals surface area contributed by atoms with Gasteiger partial charge in [-0.05, 0) is 61.5 Å². The van der Waals surface area contributed by atoms with Crippen LogP contribution in [0.5, 0.6) is 0 Å². The highest BCUT2D eigenvalue weighted by Gasteiger charge is 2.21. The molecular weight excluding hydrogens is 445 g/mol. The fourth-order valence-electron chi connectivity index (χ4n) is 3.14. The van der Waals surface area contributed by atoms with Crippen molar-refractivity contribution in [3.05, 3.63) is 96.3 Å². The van der Waals surface area contributed by atoms with Gasteiger partial charge in [0.1, 0.15) is 18.3 Å². The molecule has 0 aliphatic carbocycles. The highest BCUT2D eigenvalue weighted by Crippen LogP contribution is 2.23. The van der Waals surface area contributed by atoms with E-state index in [-0.39, 0.29) is 16.3 Å². The third-order valence-corrected chi connectivity index (χ3v) is 6.84. The van der Waals surface area contributed by atoms with E-state index in [1.807, 2.05) is 6.92 Å². The molecule has 1 amide bonds. The molecule has 168 valence electrons. The number of aryl methyl sites for hydroxylation is 1. The first-order valence-electron chi connectivity index (χ1n) is 9.87. The number of halogens is 1. The van der Waals surface area contributed by atoms with Gasteiger partial charge in [0.25, 0.3) is 15.9 Å². The van der Waals surface area contributed by atoms with E-state index in [9.17, 15) is 17.6 Å². The lowest BCUT2D eigenvalue weighted by atomic mass is 10.2. The SMILES string of the molecule is Cc1ccc(S(=O)(=O)N(C)c2ccc(C(=O)Nc3ccc(-n4cncn4)c(F)c3)cc2)cc1. The molecule has 0 saturated heterocycles. The Morgan fingerprint density at radius 3 is 2.33 bits per heavy atom. The van der Waals surface area contributed by atoms with Crippen molar-refractivity contribution in [2.75, 3.05) is 16.7 Å². The second-order valence-electron chi connectivity index (χ2n) is 7.29. The minimum absolute atomic E-state index is 0.175. The van der Waals surface area contributed by atoms with Crippen LogP contribution >= 0.6 is 0 Å². The summed E-state index contributed by atoms with van der Waals surface area (Å²) < 4.78 is 42.5. The lowest BCUT2D eigenvalue weighted by molar-refractivity contribution is 0.102. The number of benzene rings is 3. The first-order chi connectivity index (χ1) is 15.8. The van der Waals surface area contributed by atoms with Gasteiger partial charge in [0, 0.05) is 18.3 Å². The zero-order valence-electron chi connectivity index (χ0n) is 17.8. The summed E-state index contributed by atoms with van der Waals surface area (Å²) in [6.45, 7) is 1.88. The van der Waals surface area contributed by atoms with E-state index in [0.29, 0.717) is 11.3 Å². The first kappa shape index (κ1) is 22.2. The molecule has 8 nitrogen and oxygen atoms in total. The van der Waals surface area contributed by atoms with Crippen LogP contribution in [-0.4, -0.2) is 36.1 Å². The number of carbonyl (C=O) groups is 1. The Morgan fingerprint density at radius 2 is 1.73 bits per heavy atom. The Labute approximate surface area is 190 Å². The van der Waals surface area contributed by atoms with Crippen LogP contribution in [-0.2, 0) is 10.0 Å². The molecule has 0 fully saturated rings. The Morgan fingerprint density at radius 1 is 1.03 bits per heavy atom. The van der Waals surface area contributed by atoms with Crippen molar-refractivity contribution in [2.24, 2.45) is 0 Å². The third kappa shape index (κ3) is 4.60. The molecular formula is C23H20FN5O3S. The van der Waals surface area contributed by atoms with Crippen LogP contribution in [0.3, 0.4) is 0 Å². The smallest absolute Gasteiger partial charge is 0.264 e. The van der Waals surface area contributed by atoms with E-state index in [1.54, 1.807) is 30.3 Å². The van der Waals surface area contributed by atoms with Crippen LogP contribution in [0.1, 0.15) is 15.9 Å². The topological polar surface area (TPSA) is 97.2 Å². The van der Waals surface area contributed by atoms with Gasteiger partial charge in [-0.15, -0.1) is 0 Å². The number of anilines is 2. The van der Waals surface area contributed by atoms with Crippen molar-refractivity contribution >= 4 is 27.3 Å². The van der Waals surface area contributed by atoms with E-state index in [0.717, 1.165) is 9.87 Å². The third-order valence-electron chi connectivity index (χ3n) is 5.04. The van der Waals surface area contributed by atoms with Gasteiger partial charge in [-0.1, -0.05) is 17.7 Å². The molecule has 0 aliphatic rings. The predicted octanol–water partition coefficient (Wildman–Crippen LogP) is 3.79. The molecule has 1 N–H and O–H groups in total. The van der Waals surface area contributed by atoms with Crippen molar-refractivity contribution in [1.29, 1.82) is 0 Å². The predicted molar refractivity (Wildman–Crippen MR) is 122 cm³/mol. The fourth-order valence-corrected chi connectivity index (χ4v) is 4.33. The van der Waals surface area contributed by atoms with Gasteiger partial charge in [0.2, 0.25) is 0 Å². The molecule has 0 unspecified atom stereocenters. The Bertz CT molecular complexity index is 1390. The lowest BCUT2D eigenvalue weighted by Crippen LogP contribution is -2.26. The van der Waals surface area contributed by atoms with E-state index < -0.39 is 21.7 Å². The first-order valence-corrected chi connectivity index (χ1v) is 11.3. The van der Waals surface area contributed by atoms with E-state index in [4.69, 9.17) is 0 Å². The molecule has 0 radical (unpaired) electrons. The van der Waals surface area contributed by atoms with Crippen molar-refractivity contribution in [1.82, 2.24) is 14.8 Å². The van der Waals surface area contributed by atoms with Crippen molar-refractivity contribution in [2.45, 2.75) is 11.8 Å². The number of nitrogens with one attached hydrogen (secondary N) is 1. The number of hydrogen-bond acceptors (Lipinski definition) is 5. The Kier molecular flexibility index (Phi) is 5.93. The molecule has 33 heavy (non-hydrogen) atoms. The monoisotopic (exact) mass is 465 g/mol. The number of nitrogens with zero attached hydrogens (tertiary/aromatic N) is 4. The van der Waals surface area contributed by atoms with Gasteiger partial charge in [-0.3, -0.25) is 9.10 Å². The van der Waals surface area contributed by atoms with Crippen molar-refractivity contribution in [3.8, 4) is 5.69 Å². The van der Waals surface area contributed by atoms with Gasteiger partial charge in [0.05, 0.1) is 10.6 Å². The standard InChI is InChI=1S/C23H20FN5O3S/c1-16-3-10-20(11-4-16)33(31,32)28(2)19-8-5-17(6-9-19)23(30)27-18-7-12-22(21(24)13-18)29-15-25-14-26-29/h3-15H,1-2H3,(H,27,30). The lowest BCUT2D eigenvalue weighted by Gasteiger charge is -2.20. The summed E-state index contributed by atoms with van der Waals surface area (Å²) in [5.74, 6) is -1.03. The van der Waals surface area contributed by atoms with Gasteiger partial charge < -0.3 is 5.32 Å².